The van der Waals surface area contributed by atoms with Crippen LogP contribution < -0.4 is 5.32 Å². The Morgan fingerprint density at radius 2 is 1.96 bits per heavy atom. The summed E-state index contributed by atoms with van der Waals surface area (Å²) >= 11 is 11.8. The molecule has 7 nitrogen and oxygen atoms in total. The second-order valence-corrected chi connectivity index (χ2v) is 5.90. The van der Waals surface area contributed by atoms with Gasteiger partial charge in [0.25, 0.3) is 11.6 Å². The van der Waals surface area contributed by atoms with E-state index in [1.54, 1.807) is 24.3 Å². The summed E-state index contributed by atoms with van der Waals surface area (Å²) in [6, 6.07) is 12.2. The number of nitro groups is 1. The molecule has 3 rings (SSSR count). The van der Waals surface area contributed by atoms with Gasteiger partial charge in [-0.05, 0) is 18.2 Å². The first kappa shape index (κ1) is 16.9. The fourth-order valence-electron chi connectivity index (χ4n) is 2.18. The summed E-state index contributed by atoms with van der Waals surface area (Å²) in [6.45, 7) is 0. The number of hydrogen-bond donors (Lipinski definition) is 2. The molecular formula is C16H10Cl2N4O3. The Balaban J connectivity index is 1.81. The molecule has 2 aromatic carbocycles. The van der Waals surface area contributed by atoms with Crippen molar-refractivity contribution in [3.05, 3.63) is 74.3 Å². The molecule has 1 aromatic heterocycles. The van der Waals surface area contributed by atoms with Crippen LogP contribution >= 0.6 is 23.2 Å². The number of amides is 1. The minimum absolute atomic E-state index is 0.0365. The van der Waals surface area contributed by atoms with E-state index in [-0.39, 0.29) is 22.1 Å². The topological polar surface area (TPSA) is 101 Å². The van der Waals surface area contributed by atoms with Crippen molar-refractivity contribution in [2.45, 2.75) is 0 Å². The predicted octanol–water partition coefficient (Wildman–Crippen LogP) is 4.54. The fraction of sp³-hybridized carbons (Fsp3) is 0. The molecule has 0 fully saturated rings. The van der Waals surface area contributed by atoms with Crippen molar-refractivity contribution in [1.82, 2.24) is 10.2 Å². The van der Waals surface area contributed by atoms with E-state index in [4.69, 9.17) is 23.2 Å². The number of anilines is 1. The van der Waals surface area contributed by atoms with Gasteiger partial charge in [-0.2, -0.15) is 5.10 Å². The number of carbonyl (C=O) groups excluding carboxylic acids is 1. The van der Waals surface area contributed by atoms with Crippen LogP contribution in [0.3, 0.4) is 0 Å². The number of halogens is 2. The van der Waals surface area contributed by atoms with Crippen LogP contribution in [0.2, 0.25) is 10.0 Å². The molecule has 0 aliphatic heterocycles. The highest BCUT2D eigenvalue weighted by atomic mass is 35.5. The first-order valence-corrected chi connectivity index (χ1v) is 7.76. The molecule has 1 heterocycles. The van der Waals surface area contributed by atoms with E-state index >= 15 is 0 Å². The van der Waals surface area contributed by atoms with E-state index in [0.717, 1.165) is 0 Å². The lowest BCUT2D eigenvalue weighted by Crippen LogP contribution is -2.12. The number of nitro benzene ring substituents is 1. The summed E-state index contributed by atoms with van der Waals surface area (Å²) in [7, 11) is 0. The number of non-ortho nitro benzene ring substituents is 1. The van der Waals surface area contributed by atoms with Gasteiger partial charge in [0.2, 0.25) is 0 Å². The van der Waals surface area contributed by atoms with Gasteiger partial charge in [-0.3, -0.25) is 20.0 Å². The van der Waals surface area contributed by atoms with Crippen molar-refractivity contribution in [3.63, 3.8) is 0 Å². The van der Waals surface area contributed by atoms with Crippen molar-refractivity contribution in [3.8, 4) is 11.3 Å². The van der Waals surface area contributed by atoms with Crippen molar-refractivity contribution in [2.24, 2.45) is 0 Å². The molecule has 0 aliphatic carbocycles. The first-order valence-electron chi connectivity index (χ1n) is 7.00. The van der Waals surface area contributed by atoms with Crippen molar-refractivity contribution in [2.75, 3.05) is 5.32 Å². The predicted molar refractivity (Wildman–Crippen MR) is 95.1 cm³/mol. The number of benzene rings is 2. The molecular weight excluding hydrogens is 367 g/mol. The molecule has 0 atom stereocenters. The summed E-state index contributed by atoms with van der Waals surface area (Å²) in [5.74, 6) is -0.184. The van der Waals surface area contributed by atoms with Gasteiger partial charge >= 0.3 is 0 Å². The standard InChI is InChI=1S/C16H10Cl2N4O3/c17-10-4-5-12(13(18)7-10)16(23)19-15-8-14(20-21-15)9-2-1-3-11(6-9)22(24)25/h1-8H,(H2,19,20,21,23). The number of aromatic nitrogens is 2. The Kier molecular flexibility index (Phi) is 4.69. The third-order valence-corrected chi connectivity index (χ3v) is 3.91. The average Bonchev–Trinajstić information content (AvgIpc) is 3.03. The van der Waals surface area contributed by atoms with Gasteiger partial charge in [0.15, 0.2) is 5.82 Å². The van der Waals surface area contributed by atoms with Crippen LogP contribution in [0.1, 0.15) is 10.4 Å². The average molecular weight is 377 g/mol. The van der Waals surface area contributed by atoms with Gasteiger partial charge in [0.05, 0.1) is 21.2 Å². The summed E-state index contributed by atoms with van der Waals surface area (Å²) in [5.41, 5.74) is 1.32. The zero-order chi connectivity index (χ0) is 18.0. The van der Waals surface area contributed by atoms with Crippen LogP contribution in [0.5, 0.6) is 0 Å². The lowest BCUT2D eigenvalue weighted by molar-refractivity contribution is -0.384. The first-order chi connectivity index (χ1) is 11.9. The van der Waals surface area contributed by atoms with Gasteiger partial charge < -0.3 is 5.32 Å². The second kappa shape index (κ2) is 6.92. The quantitative estimate of drug-likeness (QED) is 0.515. The Morgan fingerprint density at radius 3 is 2.68 bits per heavy atom. The largest absolute Gasteiger partial charge is 0.305 e. The highest BCUT2D eigenvalue weighted by Crippen LogP contribution is 2.25. The number of hydrogen-bond acceptors (Lipinski definition) is 4. The SMILES string of the molecule is O=C(Nc1cc(-c2cccc([N+](=O)[O-])c2)[nH]n1)c1ccc(Cl)cc1Cl. The molecule has 2 N–H and O–H groups in total. The number of H-pyrrole nitrogens is 1. The lowest BCUT2D eigenvalue weighted by atomic mass is 10.1. The highest BCUT2D eigenvalue weighted by molar-refractivity contribution is 6.37. The van der Waals surface area contributed by atoms with Crippen molar-refractivity contribution >= 4 is 40.6 Å². The van der Waals surface area contributed by atoms with Gasteiger partial charge in [-0.15, -0.1) is 0 Å². The summed E-state index contributed by atoms with van der Waals surface area (Å²) < 4.78 is 0. The van der Waals surface area contributed by atoms with E-state index in [2.05, 4.69) is 15.5 Å². The maximum absolute atomic E-state index is 12.3. The fourth-order valence-corrected chi connectivity index (χ4v) is 2.67. The monoisotopic (exact) mass is 376 g/mol. The number of nitrogens with zero attached hydrogens (tertiary/aromatic N) is 2. The molecule has 0 spiro atoms. The molecule has 0 saturated heterocycles. The Bertz CT molecular complexity index is 972. The smallest absolute Gasteiger partial charge is 0.270 e. The van der Waals surface area contributed by atoms with Crippen molar-refractivity contribution in [1.29, 1.82) is 0 Å². The molecule has 0 aliphatic rings. The van der Waals surface area contributed by atoms with E-state index < -0.39 is 10.8 Å². The third kappa shape index (κ3) is 3.78. The summed E-state index contributed by atoms with van der Waals surface area (Å²) in [6.07, 6.45) is 0. The van der Waals surface area contributed by atoms with Crippen LogP contribution in [-0.2, 0) is 0 Å². The van der Waals surface area contributed by atoms with E-state index in [1.165, 1.54) is 24.3 Å². The van der Waals surface area contributed by atoms with E-state index in [9.17, 15) is 14.9 Å². The maximum Gasteiger partial charge on any atom is 0.270 e. The minimum Gasteiger partial charge on any atom is -0.305 e. The van der Waals surface area contributed by atoms with E-state index in [1.807, 2.05) is 0 Å². The molecule has 0 saturated carbocycles. The molecule has 1 amide bonds. The highest BCUT2D eigenvalue weighted by Gasteiger charge is 2.14. The molecule has 25 heavy (non-hydrogen) atoms. The minimum atomic E-state index is -0.481. The molecule has 0 bridgehead atoms. The van der Waals surface area contributed by atoms with E-state index in [0.29, 0.717) is 16.3 Å². The van der Waals surface area contributed by atoms with Gasteiger partial charge in [0, 0.05) is 28.8 Å². The normalized spacial score (nSPS) is 10.5. The second-order valence-electron chi connectivity index (χ2n) is 5.05. The third-order valence-electron chi connectivity index (χ3n) is 3.36. The van der Waals surface area contributed by atoms with Crippen LogP contribution in [0, 0.1) is 10.1 Å². The molecule has 0 radical (unpaired) electrons. The van der Waals surface area contributed by atoms with Gasteiger partial charge in [0.1, 0.15) is 0 Å². The number of carbonyl (C=O) groups is 1. The molecule has 9 heteroatoms. The molecule has 3 aromatic rings. The molecule has 0 unspecified atom stereocenters. The zero-order valence-electron chi connectivity index (χ0n) is 12.5. The Morgan fingerprint density at radius 1 is 1.16 bits per heavy atom. The maximum atomic E-state index is 12.3. The summed E-state index contributed by atoms with van der Waals surface area (Å²) in [4.78, 5) is 22.6. The van der Waals surface area contributed by atoms with Gasteiger partial charge in [-0.25, -0.2) is 0 Å². The number of rotatable bonds is 4. The van der Waals surface area contributed by atoms with Crippen LogP contribution in [0.25, 0.3) is 11.3 Å². The van der Waals surface area contributed by atoms with Gasteiger partial charge in [-0.1, -0.05) is 35.3 Å². The van der Waals surface area contributed by atoms with Crippen LogP contribution in [-0.4, -0.2) is 21.0 Å². The zero-order valence-corrected chi connectivity index (χ0v) is 14.0. The van der Waals surface area contributed by atoms with Crippen molar-refractivity contribution < 1.29 is 9.72 Å². The van der Waals surface area contributed by atoms with Crippen LogP contribution in [0.4, 0.5) is 11.5 Å². The molecule has 126 valence electrons. The lowest BCUT2D eigenvalue weighted by Gasteiger charge is -2.04. The Labute approximate surface area is 151 Å². The summed E-state index contributed by atoms with van der Waals surface area (Å²) in [5, 5.41) is 20.8. The number of nitrogens with one attached hydrogen (secondary N) is 2. The Hall–Kier alpha value is -2.90. The van der Waals surface area contributed by atoms with Crippen LogP contribution in [0.15, 0.2) is 48.5 Å². The number of aromatic amines is 1.